The summed E-state index contributed by atoms with van der Waals surface area (Å²) in [6.45, 7) is 0. The number of halogens is 1. The Morgan fingerprint density at radius 2 is 2.27 bits per heavy atom. The summed E-state index contributed by atoms with van der Waals surface area (Å²) in [5, 5.41) is 2.86. The molecule has 0 bridgehead atoms. The van der Waals surface area contributed by atoms with Crippen molar-refractivity contribution in [2.75, 3.05) is 5.32 Å². The SMILES string of the molecule is S=C([S-])Nc1cccc(Br)c1. The van der Waals surface area contributed by atoms with Gasteiger partial charge in [0.25, 0.3) is 0 Å². The number of anilines is 1. The van der Waals surface area contributed by atoms with Crippen molar-refractivity contribution in [3.05, 3.63) is 28.7 Å². The van der Waals surface area contributed by atoms with E-state index in [0.29, 0.717) is 4.32 Å². The van der Waals surface area contributed by atoms with Crippen molar-refractivity contribution in [1.82, 2.24) is 0 Å². The van der Waals surface area contributed by atoms with Crippen LogP contribution < -0.4 is 5.32 Å². The van der Waals surface area contributed by atoms with Crippen LogP contribution in [0.2, 0.25) is 0 Å². The second kappa shape index (κ2) is 3.99. The van der Waals surface area contributed by atoms with Gasteiger partial charge in [-0.3, -0.25) is 0 Å². The van der Waals surface area contributed by atoms with Crippen LogP contribution in [0, 0.1) is 0 Å². The summed E-state index contributed by atoms with van der Waals surface area (Å²) < 4.78 is 1.37. The monoisotopic (exact) mass is 246 g/mol. The highest BCUT2D eigenvalue weighted by Crippen LogP contribution is 2.15. The molecule has 11 heavy (non-hydrogen) atoms. The maximum absolute atomic E-state index is 4.71. The number of nitrogens with one attached hydrogen (secondary N) is 1. The second-order valence-corrected chi connectivity index (χ2v) is 3.91. The van der Waals surface area contributed by atoms with Crippen LogP contribution in [0.5, 0.6) is 0 Å². The summed E-state index contributed by atoms with van der Waals surface area (Å²) in [6, 6.07) is 7.68. The first-order valence-electron chi connectivity index (χ1n) is 2.92. The average molecular weight is 247 g/mol. The Morgan fingerprint density at radius 3 is 2.82 bits per heavy atom. The predicted octanol–water partition coefficient (Wildman–Crippen LogP) is 2.69. The lowest BCUT2D eigenvalue weighted by atomic mass is 10.3. The summed E-state index contributed by atoms with van der Waals surface area (Å²) in [7, 11) is 0. The molecule has 0 aliphatic rings. The summed E-state index contributed by atoms with van der Waals surface area (Å²) >= 11 is 12.8. The molecule has 0 aliphatic heterocycles. The van der Waals surface area contributed by atoms with Crippen LogP contribution in [0.3, 0.4) is 0 Å². The highest BCUT2D eigenvalue weighted by molar-refractivity contribution is 9.10. The summed E-state index contributed by atoms with van der Waals surface area (Å²) in [6.07, 6.45) is 0. The lowest BCUT2D eigenvalue weighted by molar-refractivity contribution is 1.62. The Hall–Kier alpha value is -0.190. The van der Waals surface area contributed by atoms with E-state index >= 15 is 0 Å². The minimum Gasteiger partial charge on any atom is -0.411 e. The molecule has 0 heterocycles. The minimum atomic E-state index is 0.364. The van der Waals surface area contributed by atoms with Gasteiger partial charge in [0.15, 0.2) is 0 Å². The van der Waals surface area contributed by atoms with Gasteiger partial charge in [-0.1, -0.05) is 26.3 Å². The van der Waals surface area contributed by atoms with E-state index in [4.69, 9.17) is 24.8 Å². The van der Waals surface area contributed by atoms with Crippen LogP contribution in [0.25, 0.3) is 0 Å². The molecule has 0 unspecified atom stereocenters. The Kier molecular flexibility index (Phi) is 3.23. The Balaban J connectivity index is 2.79. The number of benzene rings is 1. The van der Waals surface area contributed by atoms with E-state index < -0.39 is 0 Å². The highest BCUT2D eigenvalue weighted by Gasteiger charge is 1.88. The third-order valence-corrected chi connectivity index (χ3v) is 1.77. The van der Waals surface area contributed by atoms with Gasteiger partial charge in [-0.25, -0.2) is 0 Å². The van der Waals surface area contributed by atoms with E-state index in [1.807, 2.05) is 24.3 Å². The molecule has 0 fully saturated rings. The summed E-state index contributed by atoms with van der Waals surface area (Å²) in [4.78, 5) is 0. The third kappa shape index (κ3) is 3.14. The molecular formula is C7H5BrNS2-. The Labute approximate surface area is 84.7 Å². The van der Waals surface area contributed by atoms with Crippen LogP contribution in [-0.2, 0) is 12.6 Å². The zero-order valence-corrected chi connectivity index (χ0v) is 8.72. The van der Waals surface area contributed by atoms with Gasteiger partial charge in [0, 0.05) is 10.2 Å². The van der Waals surface area contributed by atoms with Gasteiger partial charge >= 0.3 is 0 Å². The zero-order valence-electron chi connectivity index (χ0n) is 5.50. The molecule has 4 heteroatoms. The zero-order chi connectivity index (χ0) is 8.27. The molecule has 0 atom stereocenters. The molecule has 0 aliphatic carbocycles. The van der Waals surface area contributed by atoms with E-state index in [1.54, 1.807) is 0 Å². The molecular weight excluding hydrogens is 242 g/mol. The molecule has 0 radical (unpaired) electrons. The maximum Gasteiger partial charge on any atom is 0.0382 e. The number of hydrogen-bond acceptors (Lipinski definition) is 2. The fourth-order valence-electron chi connectivity index (χ4n) is 0.684. The largest absolute Gasteiger partial charge is 0.411 e. The third-order valence-electron chi connectivity index (χ3n) is 1.07. The number of thiocarbonyl (C=S) groups is 1. The average Bonchev–Trinajstić information content (AvgIpc) is 1.85. The van der Waals surface area contributed by atoms with E-state index in [0.717, 1.165) is 10.2 Å². The molecule has 0 aromatic heterocycles. The molecule has 0 saturated heterocycles. The van der Waals surface area contributed by atoms with Gasteiger partial charge in [0.1, 0.15) is 0 Å². The van der Waals surface area contributed by atoms with Crippen molar-refractivity contribution in [3.63, 3.8) is 0 Å². The van der Waals surface area contributed by atoms with Gasteiger partial charge in [-0.2, -0.15) is 0 Å². The Morgan fingerprint density at radius 1 is 1.55 bits per heavy atom. The Bertz CT molecular complexity index is 275. The van der Waals surface area contributed by atoms with Gasteiger partial charge in [0.05, 0.1) is 0 Å². The van der Waals surface area contributed by atoms with E-state index in [-0.39, 0.29) is 0 Å². The van der Waals surface area contributed by atoms with Crippen LogP contribution >= 0.6 is 28.1 Å². The highest BCUT2D eigenvalue weighted by atomic mass is 79.9. The lowest BCUT2D eigenvalue weighted by Gasteiger charge is -2.08. The van der Waals surface area contributed by atoms with Crippen molar-refractivity contribution in [2.24, 2.45) is 0 Å². The molecule has 1 aromatic carbocycles. The second-order valence-electron chi connectivity index (χ2n) is 1.92. The standard InChI is InChI=1S/C7H6BrNS2/c8-5-2-1-3-6(4-5)9-7(10)11/h1-4H,(H2,9,10,11)/p-1. The summed E-state index contributed by atoms with van der Waals surface area (Å²) in [5.41, 5.74) is 0.916. The van der Waals surface area contributed by atoms with E-state index in [2.05, 4.69) is 21.2 Å². The molecule has 1 N–H and O–H groups in total. The lowest BCUT2D eigenvalue weighted by Crippen LogP contribution is -2.03. The van der Waals surface area contributed by atoms with Gasteiger partial charge < -0.3 is 30.2 Å². The van der Waals surface area contributed by atoms with Crippen molar-refractivity contribution < 1.29 is 0 Å². The van der Waals surface area contributed by atoms with Crippen molar-refractivity contribution >= 4 is 50.8 Å². The first-order chi connectivity index (χ1) is 5.18. The predicted molar refractivity (Wildman–Crippen MR) is 57.7 cm³/mol. The van der Waals surface area contributed by atoms with Crippen molar-refractivity contribution in [3.8, 4) is 0 Å². The summed E-state index contributed by atoms with van der Waals surface area (Å²) in [5.74, 6) is 0. The van der Waals surface area contributed by atoms with Gasteiger partial charge in [-0.05, 0) is 18.2 Å². The van der Waals surface area contributed by atoms with Crippen LogP contribution in [0.1, 0.15) is 0 Å². The quantitative estimate of drug-likeness (QED) is 0.605. The molecule has 1 aromatic rings. The van der Waals surface area contributed by atoms with Crippen LogP contribution in [-0.4, -0.2) is 4.32 Å². The van der Waals surface area contributed by atoms with Gasteiger partial charge in [0.2, 0.25) is 0 Å². The molecule has 0 saturated carbocycles. The normalized spacial score (nSPS) is 9.18. The molecule has 0 amide bonds. The minimum absolute atomic E-state index is 0.364. The fourth-order valence-corrected chi connectivity index (χ4v) is 1.32. The molecule has 0 spiro atoms. The van der Waals surface area contributed by atoms with Crippen molar-refractivity contribution in [1.29, 1.82) is 0 Å². The first kappa shape index (κ1) is 8.90. The molecule has 1 nitrogen and oxygen atoms in total. The molecule has 1 rings (SSSR count). The van der Waals surface area contributed by atoms with E-state index in [1.165, 1.54) is 0 Å². The van der Waals surface area contributed by atoms with E-state index in [9.17, 15) is 0 Å². The van der Waals surface area contributed by atoms with Crippen LogP contribution in [0.15, 0.2) is 28.7 Å². The topological polar surface area (TPSA) is 12.0 Å². The number of rotatable bonds is 1. The smallest absolute Gasteiger partial charge is 0.0382 e. The van der Waals surface area contributed by atoms with Crippen LogP contribution in [0.4, 0.5) is 5.69 Å². The van der Waals surface area contributed by atoms with Crippen molar-refractivity contribution in [2.45, 2.75) is 0 Å². The maximum atomic E-state index is 4.71. The fraction of sp³-hybridized carbons (Fsp3) is 0. The van der Waals surface area contributed by atoms with Gasteiger partial charge in [-0.15, -0.1) is 0 Å². The molecule has 58 valence electrons. The number of hydrogen-bond donors (Lipinski definition) is 1. The first-order valence-corrected chi connectivity index (χ1v) is 4.53.